The number of carbonyl (C=O) groups is 2. The van der Waals surface area contributed by atoms with Gasteiger partial charge in [0.1, 0.15) is 11.9 Å². The largest absolute Gasteiger partial charge is 0.404 e. The summed E-state index contributed by atoms with van der Waals surface area (Å²) in [6.07, 6.45) is -4.71. The minimum atomic E-state index is -4.49. The molecule has 9 heteroatoms. The van der Waals surface area contributed by atoms with Crippen molar-refractivity contribution in [3.05, 3.63) is 35.6 Å². The first-order chi connectivity index (χ1) is 11.7. The second-order valence-corrected chi connectivity index (χ2v) is 6.07. The van der Waals surface area contributed by atoms with Crippen LogP contribution in [-0.2, 0) is 16.1 Å². The fourth-order valence-corrected chi connectivity index (χ4v) is 2.86. The molecule has 0 radical (unpaired) electrons. The summed E-state index contributed by atoms with van der Waals surface area (Å²) >= 11 is 0. The van der Waals surface area contributed by atoms with Gasteiger partial charge in [-0.3, -0.25) is 14.5 Å². The highest BCUT2D eigenvalue weighted by Gasteiger charge is 2.47. The lowest BCUT2D eigenvalue weighted by molar-refractivity contribution is -0.195. The third kappa shape index (κ3) is 5.42. The number of carbonyl (C=O) groups excluding carboxylic acids is 2. The standard InChI is InChI=1S/C16H19F4N3O2/c17-12-4-1-10(2-5-12)7-22-14(24)9-23-8-11(15(21)25)3-6-13(23)16(18,19)20/h1-2,4-5,11,13H,3,6-9H2,(H2,21,25)(H,22,24)/t11-,13-/m1/s1. The molecular weight excluding hydrogens is 342 g/mol. The summed E-state index contributed by atoms with van der Waals surface area (Å²) < 4.78 is 52.2. The number of piperidine rings is 1. The minimum Gasteiger partial charge on any atom is -0.369 e. The minimum absolute atomic E-state index is 0.0488. The number of amides is 2. The van der Waals surface area contributed by atoms with Crippen LogP contribution in [-0.4, -0.2) is 42.0 Å². The van der Waals surface area contributed by atoms with Crippen LogP contribution in [0.5, 0.6) is 0 Å². The summed E-state index contributed by atoms with van der Waals surface area (Å²) in [6, 6.07) is 3.61. The zero-order chi connectivity index (χ0) is 18.6. The molecule has 0 aromatic heterocycles. The normalized spacial score (nSPS) is 21.8. The van der Waals surface area contributed by atoms with Crippen LogP contribution in [0.1, 0.15) is 18.4 Å². The van der Waals surface area contributed by atoms with Crippen molar-refractivity contribution in [2.45, 2.75) is 31.6 Å². The van der Waals surface area contributed by atoms with Gasteiger partial charge in [0.05, 0.1) is 12.5 Å². The van der Waals surface area contributed by atoms with Crippen molar-refractivity contribution in [2.75, 3.05) is 13.1 Å². The van der Waals surface area contributed by atoms with E-state index in [0.717, 1.165) is 4.90 Å². The molecule has 0 spiro atoms. The second-order valence-electron chi connectivity index (χ2n) is 6.07. The number of nitrogens with one attached hydrogen (secondary N) is 1. The Balaban J connectivity index is 1.96. The van der Waals surface area contributed by atoms with Crippen molar-refractivity contribution in [3.63, 3.8) is 0 Å². The number of halogens is 4. The third-order valence-electron chi connectivity index (χ3n) is 4.21. The van der Waals surface area contributed by atoms with Crippen molar-refractivity contribution >= 4 is 11.8 Å². The number of likely N-dealkylation sites (tertiary alicyclic amines) is 1. The molecule has 2 rings (SSSR count). The zero-order valence-electron chi connectivity index (χ0n) is 13.4. The van der Waals surface area contributed by atoms with Gasteiger partial charge in [0.2, 0.25) is 11.8 Å². The average molecular weight is 361 g/mol. The lowest BCUT2D eigenvalue weighted by atomic mass is 9.92. The number of hydrogen-bond donors (Lipinski definition) is 2. The smallest absolute Gasteiger partial charge is 0.369 e. The van der Waals surface area contributed by atoms with Crippen LogP contribution in [0.4, 0.5) is 17.6 Å². The van der Waals surface area contributed by atoms with Crippen LogP contribution in [0.3, 0.4) is 0 Å². The molecule has 0 aliphatic carbocycles. The van der Waals surface area contributed by atoms with E-state index in [4.69, 9.17) is 5.73 Å². The first-order valence-electron chi connectivity index (χ1n) is 7.78. The molecule has 1 heterocycles. The summed E-state index contributed by atoms with van der Waals surface area (Å²) in [4.78, 5) is 24.2. The highest BCUT2D eigenvalue weighted by Crippen LogP contribution is 2.33. The Morgan fingerprint density at radius 1 is 1.20 bits per heavy atom. The number of nitrogens with two attached hydrogens (primary N) is 1. The molecule has 138 valence electrons. The van der Waals surface area contributed by atoms with Crippen molar-refractivity contribution in [1.82, 2.24) is 10.2 Å². The molecule has 1 fully saturated rings. The van der Waals surface area contributed by atoms with E-state index in [-0.39, 0.29) is 25.9 Å². The molecule has 0 unspecified atom stereocenters. The maximum absolute atomic E-state index is 13.1. The van der Waals surface area contributed by atoms with Crippen LogP contribution in [0.15, 0.2) is 24.3 Å². The van der Waals surface area contributed by atoms with E-state index >= 15 is 0 Å². The molecular formula is C16H19F4N3O2. The molecule has 1 aromatic carbocycles. The van der Waals surface area contributed by atoms with Gasteiger partial charge in [0, 0.05) is 13.1 Å². The van der Waals surface area contributed by atoms with Crippen molar-refractivity contribution < 1.29 is 27.2 Å². The van der Waals surface area contributed by atoms with Gasteiger partial charge in [-0.05, 0) is 30.5 Å². The molecule has 1 aromatic rings. The van der Waals surface area contributed by atoms with E-state index in [1.165, 1.54) is 24.3 Å². The SMILES string of the molecule is NC(=O)[C@@H]1CC[C@H](C(F)(F)F)N(CC(=O)NCc2ccc(F)cc2)C1. The van der Waals surface area contributed by atoms with Crippen molar-refractivity contribution in [2.24, 2.45) is 11.7 Å². The number of alkyl halides is 3. The fraction of sp³-hybridized carbons (Fsp3) is 0.500. The summed E-state index contributed by atoms with van der Waals surface area (Å²) in [7, 11) is 0. The van der Waals surface area contributed by atoms with Gasteiger partial charge in [0.25, 0.3) is 0 Å². The molecule has 1 aliphatic rings. The number of rotatable bonds is 5. The lowest BCUT2D eigenvalue weighted by Crippen LogP contribution is -2.55. The molecule has 25 heavy (non-hydrogen) atoms. The predicted molar refractivity (Wildman–Crippen MR) is 81.6 cm³/mol. The summed E-state index contributed by atoms with van der Waals surface area (Å²) in [5.74, 6) is -2.40. The van der Waals surface area contributed by atoms with Gasteiger partial charge >= 0.3 is 6.18 Å². The third-order valence-corrected chi connectivity index (χ3v) is 4.21. The van der Waals surface area contributed by atoms with E-state index in [9.17, 15) is 27.2 Å². The topological polar surface area (TPSA) is 75.4 Å². The van der Waals surface area contributed by atoms with Crippen LogP contribution in [0, 0.1) is 11.7 Å². The number of primary amides is 1. The van der Waals surface area contributed by atoms with Crippen LogP contribution in [0.2, 0.25) is 0 Å². The highest BCUT2D eigenvalue weighted by atomic mass is 19.4. The number of hydrogen-bond acceptors (Lipinski definition) is 3. The Morgan fingerprint density at radius 3 is 2.40 bits per heavy atom. The van der Waals surface area contributed by atoms with Crippen molar-refractivity contribution in [3.8, 4) is 0 Å². The van der Waals surface area contributed by atoms with Gasteiger partial charge in [0.15, 0.2) is 0 Å². The molecule has 2 atom stereocenters. The van der Waals surface area contributed by atoms with E-state index in [1.54, 1.807) is 0 Å². The average Bonchev–Trinajstić information content (AvgIpc) is 2.53. The Morgan fingerprint density at radius 2 is 1.84 bits per heavy atom. The maximum atomic E-state index is 13.1. The Labute approximate surface area is 142 Å². The van der Waals surface area contributed by atoms with Crippen LogP contribution < -0.4 is 11.1 Å². The Hall–Kier alpha value is -2.16. The summed E-state index contributed by atoms with van der Waals surface area (Å²) in [6.45, 7) is -0.623. The molecule has 1 saturated heterocycles. The molecule has 3 N–H and O–H groups in total. The first kappa shape index (κ1) is 19.2. The lowest BCUT2D eigenvalue weighted by Gasteiger charge is -2.39. The summed E-state index contributed by atoms with van der Waals surface area (Å²) in [5.41, 5.74) is 5.80. The first-order valence-corrected chi connectivity index (χ1v) is 7.78. The van der Waals surface area contributed by atoms with Gasteiger partial charge in [-0.2, -0.15) is 13.2 Å². The van der Waals surface area contributed by atoms with Crippen molar-refractivity contribution in [1.29, 1.82) is 0 Å². The zero-order valence-corrected chi connectivity index (χ0v) is 13.4. The molecule has 1 aliphatic heterocycles. The van der Waals surface area contributed by atoms with Gasteiger partial charge in [-0.25, -0.2) is 4.39 Å². The van der Waals surface area contributed by atoms with Crippen LogP contribution >= 0.6 is 0 Å². The van der Waals surface area contributed by atoms with E-state index in [1.807, 2.05) is 0 Å². The quantitative estimate of drug-likeness (QED) is 0.782. The van der Waals surface area contributed by atoms with Crippen LogP contribution in [0.25, 0.3) is 0 Å². The molecule has 0 bridgehead atoms. The second kappa shape index (κ2) is 7.81. The maximum Gasteiger partial charge on any atom is 0.404 e. The predicted octanol–water partition coefficient (Wildman–Crippen LogP) is 1.57. The van der Waals surface area contributed by atoms with E-state index in [0.29, 0.717) is 5.56 Å². The fourth-order valence-electron chi connectivity index (χ4n) is 2.86. The molecule has 2 amide bonds. The molecule has 0 saturated carbocycles. The van der Waals surface area contributed by atoms with Gasteiger partial charge in [-0.15, -0.1) is 0 Å². The van der Waals surface area contributed by atoms with Gasteiger partial charge in [-0.1, -0.05) is 12.1 Å². The summed E-state index contributed by atoms with van der Waals surface area (Å²) in [5, 5.41) is 2.50. The molecule has 5 nitrogen and oxygen atoms in total. The Kier molecular flexibility index (Phi) is 5.99. The number of nitrogens with zero attached hydrogens (tertiary/aromatic N) is 1. The van der Waals surface area contributed by atoms with E-state index < -0.39 is 42.3 Å². The number of benzene rings is 1. The van der Waals surface area contributed by atoms with Gasteiger partial charge < -0.3 is 11.1 Å². The highest BCUT2D eigenvalue weighted by molar-refractivity contribution is 5.79. The van der Waals surface area contributed by atoms with E-state index in [2.05, 4.69) is 5.32 Å². The monoisotopic (exact) mass is 361 g/mol. The Bertz CT molecular complexity index is 619.